The summed E-state index contributed by atoms with van der Waals surface area (Å²) in [5, 5.41) is 29.7. The molecule has 336 valence electrons. The number of aryl methyl sites for hydroxylation is 2. The third kappa shape index (κ3) is 7.39. The predicted octanol–water partition coefficient (Wildman–Crippen LogP) is 5.92. The first kappa shape index (κ1) is 41.1. The van der Waals surface area contributed by atoms with Gasteiger partial charge in [-0.1, -0.05) is 12.1 Å². The number of alkyl halides is 2. The van der Waals surface area contributed by atoms with E-state index in [0.29, 0.717) is 71.1 Å². The first-order chi connectivity index (χ1) is 31.4. The normalized spacial score (nSPS) is 22.0. The lowest BCUT2D eigenvalue weighted by Crippen LogP contribution is -2.44. The highest BCUT2D eigenvalue weighted by Gasteiger charge is 2.51. The van der Waals surface area contributed by atoms with Gasteiger partial charge in [-0.15, -0.1) is 0 Å². The number of ether oxygens (including phenoxy) is 1. The van der Waals surface area contributed by atoms with Crippen LogP contribution < -0.4 is 31.1 Å². The number of carbonyl (C=O) groups is 2. The second-order valence-corrected chi connectivity index (χ2v) is 18.6. The molecule has 18 heteroatoms. The van der Waals surface area contributed by atoms with E-state index in [-0.39, 0.29) is 29.2 Å². The van der Waals surface area contributed by atoms with Crippen molar-refractivity contribution in [3.05, 3.63) is 75.8 Å². The van der Waals surface area contributed by atoms with E-state index in [0.717, 1.165) is 80.8 Å². The Labute approximate surface area is 372 Å². The molecule has 0 spiro atoms. The van der Waals surface area contributed by atoms with E-state index in [1.54, 1.807) is 17.6 Å². The van der Waals surface area contributed by atoms with Crippen molar-refractivity contribution in [1.29, 1.82) is 5.26 Å². The molecule has 4 fully saturated rings. The molecule has 11 rings (SSSR count). The first-order valence-corrected chi connectivity index (χ1v) is 22.7. The monoisotopic (exact) mass is 884 g/mol. The summed E-state index contributed by atoms with van der Waals surface area (Å²) >= 11 is 0. The lowest BCUT2D eigenvalue weighted by molar-refractivity contribution is -0.134. The number of benzene rings is 2. The summed E-state index contributed by atoms with van der Waals surface area (Å²) in [5.41, 5.74) is 4.80. The average Bonchev–Trinajstić information content (AvgIpc) is 4.00. The zero-order valence-electron chi connectivity index (χ0n) is 36.3. The molecule has 2 amide bonds. The molecule has 2 aromatic carbocycles. The number of pyridine rings is 1. The largest absolute Gasteiger partial charge is 0.480 e. The smallest absolute Gasteiger partial charge is 0.301 e. The highest BCUT2D eigenvalue weighted by atomic mass is 19.3. The third-order valence-electron chi connectivity index (χ3n) is 14.4. The van der Waals surface area contributed by atoms with Crippen molar-refractivity contribution in [3.8, 4) is 11.8 Å². The van der Waals surface area contributed by atoms with Gasteiger partial charge in [0.2, 0.25) is 17.6 Å². The van der Waals surface area contributed by atoms with E-state index in [9.17, 15) is 19.6 Å². The van der Waals surface area contributed by atoms with E-state index < -0.39 is 30.0 Å². The highest BCUT2D eigenvalue weighted by molar-refractivity contribution is 6.02. The van der Waals surface area contributed by atoms with Crippen LogP contribution >= 0.6 is 0 Å². The summed E-state index contributed by atoms with van der Waals surface area (Å²) < 4.78 is 41.0. The molecule has 16 nitrogen and oxygen atoms in total. The number of nitrogens with zero attached hydrogens (tertiary/aromatic N) is 9. The van der Waals surface area contributed by atoms with Crippen LogP contribution in [-0.4, -0.2) is 97.0 Å². The molecule has 1 unspecified atom stereocenters. The summed E-state index contributed by atoms with van der Waals surface area (Å²) in [4.78, 5) is 47.5. The minimum Gasteiger partial charge on any atom is -0.480 e. The number of aromatic nitrogens is 6. The van der Waals surface area contributed by atoms with Crippen LogP contribution in [0, 0.1) is 23.2 Å². The van der Waals surface area contributed by atoms with Crippen LogP contribution in [0.15, 0.2) is 53.5 Å². The van der Waals surface area contributed by atoms with Crippen LogP contribution in [0.5, 0.6) is 5.75 Å². The number of imide groups is 1. The quantitative estimate of drug-likeness (QED) is 0.154. The second kappa shape index (κ2) is 15.8. The van der Waals surface area contributed by atoms with E-state index in [1.165, 1.54) is 16.3 Å². The van der Waals surface area contributed by atoms with Crippen LogP contribution in [0.25, 0.3) is 27.5 Å². The molecule has 6 aromatic rings. The molecule has 5 aliphatic rings. The summed E-state index contributed by atoms with van der Waals surface area (Å²) in [6, 6.07) is 15.0. The van der Waals surface area contributed by atoms with Crippen LogP contribution in [0.4, 0.5) is 31.8 Å². The Kier molecular flexibility index (Phi) is 10.0. The van der Waals surface area contributed by atoms with Gasteiger partial charge in [0.25, 0.3) is 5.56 Å². The molecule has 1 saturated carbocycles. The maximum absolute atomic E-state index is 15.3. The maximum atomic E-state index is 15.3. The molecular weight excluding hydrogens is 835 g/mol. The van der Waals surface area contributed by atoms with Crippen molar-refractivity contribution in [2.45, 2.75) is 75.2 Å². The molecule has 2 atom stereocenters. The number of piperidine rings is 3. The minimum absolute atomic E-state index is 0.115. The molecule has 4 aliphatic heterocycles. The number of rotatable bonds is 8. The fourth-order valence-electron chi connectivity index (χ4n) is 10.6. The van der Waals surface area contributed by atoms with E-state index in [2.05, 4.69) is 55.1 Å². The number of anilines is 4. The number of nitriles is 1. The van der Waals surface area contributed by atoms with Crippen LogP contribution in [0.1, 0.15) is 80.0 Å². The first-order valence-electron chi connectivity index (χ1n) is 22.7. The third-order valence-corrected chi connectivity index (χ3v) is 14.4. The lowest BCUT2D eigenvalue weighted by Gasteiger charge is -2.38. The molecule has 65 heavy (non-hydrogen) atoms. The van der Waals surface area contributed by atoms with E-state index in [4.69, 9.17) is 14.8 Å². The maximum Gasteiger partial charge on any atom is 0.301 e. The van der Waals surface area contributed by atoms with Crippen LogP contribution in [-0.2, 0) is 23.7 Å². The van der Waals surface area contributed by atoms with Crippen molar-refractivity contribution < 1.29 is 23.1 Å². The molecule has 8 heterocycles. The SMILES string of the molecule is Cn1nc(C2CCC(=O)NC2=O)c2ccc(C3CCN(CC4CCN(c5cc(Nc6ccc7c(c6)c6c(c(=O)n7C)OCC(F)(F)[C@H](C7CC7)N6)n6ncc(C#N)c6n5)CC4)CC3)cc21. The topological polar surface area (TPSA) is 180 Å². The van der Waals surface area contributed by atoms with Gasteiger partial charge in [-0.25, -0.2) is 13.8 Å². The Hall–Kier alpha value is -6.61. The minimum atomic E-state index is -3.15. The molecule has 0 radical (unpaired) electrons. The fourth-order valence-corrected chi connectivity index (χ4v) is 10.6. The Morgan fingerprint density at radius 3 is 2.49 bits per heavy atom. The molecule has 3 saturated heterocycles. The summed E-state index contributed by atoms with van der Waals surface area (Å²) in [7, 11) is 3.52. The van der Waals surface area contributed by atoms with Gasteiger partial charge in [-0.3, -0.25) is 24.4 Å². The van der Waals surface area contributed by atoms with E-state index in [1.807, 2.05) is 29.9 Å². The average molecular weight is 885 g/mol. The number of hydrogen-bond donors (Lipinski definition) is 3. The second-order valence-electron chi connectivity index (χ2n) is 18.6. The van der Waals surface area contributed by atoms with Gasteiger partial charge < -0.3 is 29.7 Å². The van der Waals surface area contributed by atoms with Gasteiger partial charge in [0, 0.05) is 62.7 Å². The standard InChI is InChI=1S/C47H50F2N12O4/c1-57-35-9-6-31(20-34(35)41-42(46(57)64)65-25-47(48,49)43(55-41)28-3-4-28)52-38-21-37(53-44-30(22-50)23-51-61(38)44)60-17-11-26(12-18-60)24-59-15-13-27(14-16-59)29-5-7-32-36(19-29)58(2)56-40(32)33-8-10-39(62)54-45(33)63/h5-7,9,19-21,23,26-28,33,43,52,55H,3-4,8,10-18,24-25H2,1-2H3,(H,54,62,63)/t33?,43-/m0/s1. The summed E-state index contributed by atoms with van der Waals surface area (Å²) in [6.07, 6.45) is 7.80. The van der Waals surface area contributed by atoms with Gasteiger partial charge in [0.05, 0.1) is 40.6 Å². The Bertz CT molecular complexity index is 3010. The summed E-state index contributed by atoms with van der Waals surface area (Å²) in [6.45, 7) is 3.82. The summed E-state index contributed by atoms with van der Waals surface area (Å²) in [5.74, 6) is -2.10. The zero-order chi connectivity index (χ0) is 44.7. The fraction of sp³-hybridized carbons (Fsp3) is 0.468. The number of halogens is 2. The molecule has 4 aromatic heterocycles. The number of fused-ring (bicyclic) bond motifs is 5. The number of carbonyl (C=O) groups excluding carboxylic acids is 2. The number of amides is 2. The van der Waals surface area contributed by atoms with Crippen molar-refractivity contribution in [2.24, 2.45) is 25.9 Å². The van der Waals surface area contributed by atoms with E-state index >= 15 is 8.78 Å². The molecule has 3 N–H and O–H groups in total. The van der Waals surface area contributed by atoms with Crippen molar-refractivity contribution in [2.75, 3.05) is 54.9 Å². The van der Waals surface area contributed by atoms with Gasteiger partial charge in [-0.2, -0.15) is 20.0 Å². The van der Waals surface area contributed by atoms with Gasteiger partial charge in [0.1, 0.15) is 23.3 Å². The molecular formula is C47H50F2N12O4. The van der Waals surface area contributed by atoms with Gasteiger partial charge in [0.15, 0.2) is 12.3 Å². The van der Waals surface area contributed by atoms with Crippen molar-refractivity contribution in [1.82, 2.24) is 39.2 Å². The Balaban J connectivity index is 0.765. The number of hydrogen-bond acceptors (Lipinski definition) is 12. The van der Waals surface area contributed by atoms with Crippen molar-refractivity contribution >= 4 is 62.3 Å². The van der Waals surface area contributed by atoms with Gasteiger partial charge >= 0.3 is 5.92 Å². The highest BCUT2D eigenvalue weighted by Crippen LogP contribution is 2.46. The number of nitrogens with one attached hydrogen (secondary N) is 3. The Morgan fingerprint density at radius 1 is 0.938 bits per heavy atom. The number of likely N-dealkylation sites (tertiary alicyclic amines) is 1. The molecule has 0 bridgehead atoms. The predicted molar refractivity (Wildman–Crippen MR) is 240 cm³/mol. The van der Waals surface area contributed by atoms with Crippen molar-refractivity contribution in [3.63, 3.8) is 0 Å². The molecule has 1 aliphatic carbocycles. The lowest BCUT2D eigenvalue weighted by atomic mass is 9.87. The van der Waals surface area contributed by atoms with Gasteiger partial charge in [-0.05, 0) is 106 Å². The Morgan fingerprint density at radius 2 is 1.74 bits per heavy atom. The van der Waals surface area contributed by atoms with Crippen LogP contribution in [0.3, 0.4) is 0 Å². The van der Waals surface area contributed by atoms with Crippen LogP contribution in [0.2, 0.25) is 0 Å². The zero-order valence-corrected chi connectivity index (χ0v) is 36.3.